The number of methoxy groups -OCH3 is 1. The molecule has 0 unspecified atom stereocenters. The molecule has 1 aliphatic rings. The Kier molecular flexibility index (Phi) is 6.39. The molecule has 29 heavy (non-hydrogen) atoms. The first kappa shape index (κ1) is 21.1. The molecule has 1 saturated heterocycles. The van der Waals surface area contributed by atoms with Crippen LogP contribution in [-0.2, 0) is 16.6 Å². The minimum Gasteiger partial charge on any atom is -0.497 e. The number of ether oxygens (including phenoxy) is 1. The largest absolute Gasteiger partial charge is 0.497 e. The maximum absolute atomic E-state index is 12.9. The van der Waals surface area contributed by atoms with E-state index in [1.165, 1.54) is 22.5 Å². The first-order valence-electron chi connectivity index (χ1n) is 9.45. The molecule has 0 spiro atoms. The van der Waals surface area contributed by atoms with Crippen molar-refractivity contribution in [3.63, 3.8) is 0 Å². The van der Waals surface area contributed by atoms with E-state index >= 15 is 0 Å². The third kappa shape index (κ3) is 4.68. The molecule has 8 nitrogen and oxygen atoms in total. The van der Waals surface area contributed by atoms with Crippen LogP contribution in [0.1, 0.15) is 24.8 Å². The summed E-state index contributed by atoms with van der Waals surface area (Å²) < 4.78 is 32.4. The summed E-state index contributed by atoms with van der Waals surface area (Å²) in [6.45, 7) is 1.32. The van der Waals surface area contributed by atoms with E-state index < -0.39 is 14.9 Å². The highest BCUT2D eigenvalue weighted by atomic mass is 32.2. The second kappa shape index (κ2) is 8.79. The van der Waals surface area contributed by atoms with Gasteiger partial charge >= 0.3 is 0 Å². The standard InChI is InChI=1S/C20H25N3O5S/c1-21(15-16-7-6-8-17(13-16)28-2)19-10-9-18(14-20(19)23(24)25)29(26,27)22-11-4-3-5-12-22/h6-10,13-14H,3-5,11-12,15H2,1-2H3. The van der Waals surface area contributed by atoms with Crippen molar-refractivity contribution in [1.29, 1.82) is 0 Å². The van der Waals surface area contributed by atoms with E-state index in [1.807, 2.05) is 24.3 Å². The van der Waals surface area contributed by atoms with E-state index in [4.69, 9.17) is 4.74 Å². The summed E-state index contributed by atoms with van der Waals surface area (Å²) >= 11 is 0. The van der Waals surface area contributed by atoms with Crippen molar-refractivity contribution >= 4 is 21.4 Å². The van der Waals surface area contributed by atoms with Crippen molar-refractivity contribution in [2.45, 2.75) is 30.7 Å². The second-order valence-corrected chi connectivity index (χ2v) is 9.02. The molecule has 2 aromatic carbocycles. The molecular weight excluding hydrogens is 394 g/mol. The highest BCUT2D eigenvalue weighted by Gasteiger charge is 2.29. The van der Waals surface area contributed by atoms with E-state index in [0.29, 0.717) is 31.1 Å². The van der Waals surface area contributed by atoms with Crippen LogP contribution in [0.4, 0.5) is 11.4 Å². The molecule has 0 saturated carbocycles. The third-order valence-corrected chi connectivity index (χ3v) is 6.96. The van der Waals surface area contributed by atoms with Crippen molar-refractivity contribution in [1.82, 2.24) is 4.31 Å². The second-order valence-electron chi connectivity index (χ2n) is 7.08. The molecule has 1 aliphatic heterocycles. The number of piperidine rings is 1. The molecule has 0 radical (unpaired) electrons. The summed E-state index contributed by atoms with van der Waals surface area (Å²) in [5, 5.41) is 11.7. The molecule has 0 N–H and O–H groups in total. The Labute approximate surface area is 170 Å². The van der Waals surface area contributed by atoms with Crippen molar-refractivity contribution in [2.75, 3.05) is 32.1 Å². The van der Waals surface area contributed by atoms with Crippen molar-refractivity contribution in [3.05, 3.63) is 58.1 Å². The topological polar surface area (TPSA) is 93.0 Å². The normalized spacial score (nSPS) is 15.1. The molecule has 156 valence electrons. The Bertz CT molecular complexity index is 987. The molecule has 1 heterocycles. The Balaban J connectivity index is 1.90. The average Bonchev–Trinajstić information content (AvgIpc) is 2.74. The van der Waals surface area contributed by atoms with Crippen LogP contribution in [0.3, 0.4) is 0 Å². The summed E-state index contributed by atoms with van der Waals surface area (Å²) in [5.74, 6) is 0.702. The summed E-state index contributed by atoms with van der Waals surface area (Å²) in [6, 6.07) is 11.6. The Morgan fingerprint density at radius 1 is 1.14 bits per heavy atom. The fraction of sp³-hybridized carbons (Fsp3) is 0.400. The Hall–Kier alpha value is -2.65. The number of nitro benzene ring substituents is 1. The van der Waals surface area contributed by atoms with Crippen LogP contribution >= 0.6 is 0 Å². The van der Waals surface area contributed by atoms with Crippen LogP contribution in [0.15, 0.2) is 47.4 Å². The first-order chi connectivity index (χ1) is 13.8. The molecule has 0 aliphatic carbocycles. The number of anilines is 1. The summed E-state index contributed by atoms with van der Waals surface area (Å²) in [6.07, 6.45) is 2.62. The van der Waals surface area contributed by atoms with Gasteiger partial charge in [0.2, 0.25) is 10.0 Å². The van der Waals surface area contributed by atoms with E-state index in [0.717, 1.165) is 24.8 Å². The van der Waals surface area contributed by atoms with Gasteiger partial charge in [-0.2, -0.15) is 4.31 Å². The maximum atomic E-state index is 12.9. The van der Waals surface area contributed by atoms with E-state index in [2.05, 4.69) is 0 Å². The van der Waals surface area contributed by atoms with Crippen LogP contribution in [0.5, 0.6) is 5.75 Å². The zero-order valence-corrected chi connectivity index (χ0v) is 17.4. The number of nitrogens with zero attached hydrogens (tertiary/aromatic N) is 3. The highest BCUT2D eigenvalue weighted by molar-refractivity contribution is 7.89. The molecule has 3 rings (SSSR count). The van der Waals surface area contributed by atoms with E-state index in [1.54, 1.807) is 19.1 Å². The molecule has 1 fully saturated rings. The lowest BCUT2D eigenvalue weighted by Gasteiger charge is -2.26. The Morgan fingerprint density at radius 2 is 1.86 bits per heavy atom. The van der Waals surface area contributed by atoms with Gasteiger partial charge in [0.15, 0.2) is 0 Å². The van der Waals surface area contributed by atoms with Gasteiger partial charge in [-0.1, -0.05) is 18.6 Å². The molecule has 2 aromatic rings. The van der Waals surface area contributed by atoms with Crippen LogP contribution in [0, 0.1) is 10.1 Å². The molecule has 9 heteroatoms. The molecule has 0 atom stereocenters. The average molecular weight is 420 g/mol. The summed E-state index contributed by atoms with van der Waals surface area (Å²) in [5.41, 5.74) is 1.05. The minimum absolute atomic E-state index is 0.0374. The van der Waals surface area contributed by atoms with Gasteiger partial charge in [-0.05, 0) is 42.7 Å². The van der Waals surface area contributed by atoms with Crippen LogP contribution < -0.4 is 9.64 Å². The van der Waals surface area contributed by atoms with Crippen molar-refractivity contribution in [3.8, 4) is 5.75 Å². The SMILES string of the molecule is COc1cccc(CN(C)c2ccc(S(=O)(=O)N3CCCCC3)cc2[N+](=O)[O-])c1. The van der Waals surface area contributed by atoms with Crippen LogP contribution in [0.25, 0.3) is 0 Å². The Morgan fingerprint density at radius 3 is 2.52 bits per heavy atom. The fourth-order valence-electron chi connectivity index (χ4n) is 3.52. The quantitative estimate of drug-likeness (QED) is 0.504. The number of nitro groups is 1. The fourth-order valence-corrected chi connectivity index (χ4v) is 5.05. The minimum atomic E-state index is -3.73. The predicted molar refractivity (Wildman–Crippen MR) is 111 cm³/mol. The van der Waals surface area contributed by atoms with Gasteiger partial charge in [0.25, 0.3) is 5.69 Å². The van der Waals surface area contributed by atoms with Gasteiger partial charge in [0.1, 0.15) is 11.4 Å². The third-order valence-electron chi connectivity index (χ3n) is 5.06. The summed E-state index contributed by atoms with van der Waals surface area (Å²) in [7, 11) is -0.419. The smallest absolute Gasteiger partial charge is 0.293 e. The number of benzene rings is 2. The van der Waals surface area contributed by atoms with Crippen molar-refractivity contribution in [2.24, 2.45) is 0 Å². The maximum Gasteiger partial charge on any atom is 0.293 e. The van der Waals surface area contributed by atoms with E-state index in [9.17, 15) is 18.5 Å². The lowest BCUT2D eigenvalue weighted by molar-refractivity contribution is -0.384. The number of sulfonamides is 1. The molecule has 0 bridgehead atoms. The number of rotatable bonds is 7. The monoisotopic (exact) mass is 419 g/mol. The predicted octanol–water partition coefficient (Wildman–Crippen LogP) is 3.41. The first-order valence-corrected chi connectivity index (χ1v) is 10.9. The van der Waals surface area contributed by atoms with Gasteiger partial charge in [0.05, 0.1) is 16.9 Å². The highest BCUT2D eigenvalue weighted by Crippen LogP contribution is 2.33. The lowest BCUT2D eigenvalue weighted by atomic mass is 10.2. The number of hydrogen-bond acceptors (Lipinski definition) is 6. The van der Waals surface area contributed by atoms with Gasteiger partial charge in [0, 0.05) is 32.7 Å². The lowest BCUT2D eigenvalue weighted by Crippen LogP contribution is -2.35. The summed E-state index contributed by atoms with van der Waals surface area (Å²) in [4.78, 5) is 12.8. The van der Waals surface area contributed by atoms with Gasteiger partial charge in [-0.3, -0.25) is 10.1 Å². The van der Waals surface area contributed by atoms with Crippen LogP contribution in [-0.4, -0.2) is 44.9 Å². The molecular formula is C20H25N3O5S. The zero-order valence-electron chi connectivity index (χ0n) is 16.6. The van der Waals surface area contributed by atoms with Gasteiger partial charge in [-0.15, -0.1) is 0 Å². The van der Waals surface area contributed by atoms with Crippen LogP contribution in [0.2, 0.25) is 0 Å². The van der Waals surface area contributed by atoms with Crippen molar-refractivity contribution < 1.29 is 18.1 Å². The van der Waals surface area contributed by atoms with E-state index in [-0.39, 0.29) is 10.6 Å². The zero-order chi connectivity index (χ0) is 21.0. The molecule has 0 aromatic heterocycles. The van der Waals surface area contributed by atoms with Gasteiger partial charge < -0.3 is 9.64 Å². The molecule has 0 amide bonds. The number of hydrogen-bond donors (Lipinski definition) is 0. The van der Waals surface area contributed by atoms with Gasteiger partial charge in [-0.25, -0.2) is 8.42 Å².